The van der Waals surface area contributed by atoms with E-state index in [1.54, 1.807) is 10.9 Å². The summed E-state index contributed by atoms with van der Waals surface area (Å²) < 4.78 is 7.18. The van der Waals surface area contributed by atoms with Crippen LogP contribution in [-0.2, 0) is 7.05 Å². The van der Waals surface area contributed by atoms with E-state index in [1.807, 2.05) is 20.0 Å². The molecule has 0 aliphatic heterocycles. The van der Waals surface area contributed by atoms with Crippen LogP contribution >= 0.6 is 0 Å². The van der Waals surface area contributed by atoms with Gasteiger partial charge < -0.3 is 10.2 Å². The highest BCUT2D eigenvalue weighted by atomic mass is 16.3. The van der Waals surface area contributed by atoms with Gasteiger partial charge in [0, 0.05) is 12.6 Å². The molecular formula is C12H17N3O. The van der Waals surface area contributed by atoms with E-state index in [0.717, 1.165) is 22.6 Å². The molecule has 86 valence electrons. The van der Waals surface area contributed by atoms with Gasteiger partial charge in [-0.15, -0.1) is 0 Å². The highest BCUT2D eigenvalue weighted by Gasteiger charge is 2.21. The normalized spacial score (nSPS) is 11.3. The Bertz CT molecular complexity index is 508. The number of hydrogen-bond donors (Lipinski definition) is 1. The van der Waals surface area contributed by atoms with Crippen LogP contribution in [0.5, 0.6) is 0 Å². The molecule has 0 amide bonds. The SMILES string of the molecule is Cc1ccoc1-c1nn(C)c(N)c1C(C)C. The molecule has 0 aliphatic carbocycles. The van der Waals surface area contributed by atoms with Crippen molar-refractivity contribution in [3.05, 3.63) is 23.5 Å². The second-order valence-electron chi connectivity index (χ2n) is 4.36. The molecule has 0 saturated carbocycles. The minimum absolute atomic E-state index is 0.327. The summed E-state index contributed by atoms with van der Waals surface area (Å²) in [6.45, 7) is 6.22. The van der Waals surface area contributed by atoms with Gasteiger partial charge >= 0.3 is 0 Å². The highest BCUT2D eigenvalue weighted by Crippen LogP contribution is 2.34. The van der Waals surface area contributed by atoms with E-state index in [1.165, 1.54) is 0 Å². The smallest absolute Gasteiger partial charge is 0.157 e. The van der Waals surface area contributed by atoms with Gasteiger partial charge in [0.05, 0.1) is 6.26 Å². The van der Waals surface area contributed by atoms with E-state index in [0.29, 0.717) is 11.7 Å². The first-order valence-corrected chi connectivity index (χ1v) is 5.39. The maximum Gasteiger partial charge on any atom is 0.157 e. The molecule has 2 rings (SSSR count). The zero-order valence-corrected chi connectivity index (χ0v) is 10.1. The van der Waals surface area contributed by atoms with Crippen molar-refractivity contribution in [1.29, 1.82) is 0 Å². The Kier molecular flexibility index (Phi) is 2.50. The maximum atomic E-state index is 6.02. The van der Waals surface area contributed by atoms with Crippen LogP contribution in [0.3, 0.4) is 0 Å². The Hall–Kier alpha value is -1.71. The lowest BCUT2D eigenvalue weighted by Gasteiger charge is -2.05. The number of anilines is 1. The first-order chi connectivity index (χ1) is 7.52. The van der Waals surface area contributed by atoms with E-state index >= 15 is 0 Å². The van der Waals surface area contributed by atoms with Crippen molar-refractivity contribution >= 4 is 5.82 Å². The van der Waals surface area contributed by atoms with Gasteiger partial charge in [0.25, 0.3) is 0 Å². The number of hydrogen-bond acceptors (Lipinski definition) is 3. The Balaban J connectivity index is 2.66. The molecule has 0 fully saturated rings. The quantitative estimate of drug-likeness (QED) is 0.844. The molecular weight excluding hydrogens is 202 g/mol. The van der Waals surface area contributed by atoms with Gasteiger partial charge in [-0.05, 0) is 24.5 Å². The monoisotopic (exact) mass is 219 g/mol. The van der Waals surface area contributed by atoms with E-state index < -0.39 is 0 Å². The van der Waals surface area contributed by atoms with Crippen LogP contribution < -0.4 is 5.73 Å². The van der Waals surface area contributed by atoms with Gasteiger partial charge in [-0.1, -0.05) is 13.8 Å². The third kappa shape index (κ3) is 1.50. The number of aryl methyl sites for hydroxylation is 2. The fourth-order valence-electron chi connectivity index (χ4n) is 1.91. The highest BCUT2D eigenvalue weighted by molar-refractivity contribution is 5.67. The molecule has 4 nitrogen and oxygen atoms in total. The molecule has 2 heterocycles. The second-order valence-corrected chi connectivity index (χ2v) is 4.36. The van der Waals surface area contributed by atoms with E-state index in [2.05, 4.69) is 18.9 Å². The average Bonchev–Trinajstić information content (AvgIpc) is 2.72. The van der Waals surface area contributed by atoms with Gasteiger partial charge in [0.15, 0.2) is 5.76 Å². The van der Waals surface area contributed by atoms with Crippen molar-refractivity contribution in [2.24, 2.45) is 7.05 Å². The van der Waals surface area contributed by atoms with Gasteiger partial charge in [-0.25, -0.2) is 0 Å². The predicted molar refractivity (Wildman–Crippen MR) is 64.1 cm³/mol. The minimum Gasteiger partial charge on any atom is -0.462 e. The summed E-state index contributed by atoms with van der Waals surface area (Å²) in [7, 11) is 1.85. The van der Waals surface area contributed by atoms with Crippen molar-refractivity contribution < 1.29 is 4.42 Å². The fraction of sp³-hybridized carbons (Fsp3) is 0.417. The Morgan fingerprint density at radius 3 is 2.62 bits per heavy atom. The number of rotatable bonds is 2. The number of nitrogens with zero attached hydrogens (tertiary/aromatic N) is 2. The Morgan fingerprint density at radius 2 is 2.12 bits per heavy atom. The molecule has 2 aromatic heterocycles. The van der Waals surface area contributed by atoms with E-state index in [4.69, 9.17) is 10.2 Å². The summed E-state index contributed by atoms with van der Waals surface area (Å²) in [5.74, 6) is 1.85. The van der Waals surface area contributed by atoms with Gasteiger partial charge in [-0.2, -0.15) is 5.10 Å². The van der Waals surface area contributed by atoms with Crippen molar-refractivity contribution in [3.8, 4) is 11.5 Å². The average molecular weight is 219 g/mol. The first-order valence-electron chi connectivity index (χ1n) is 5.39. The summed E-state index contributed by atoms with van der Waals surface area (Å²) in [6, 6.07) is 1.93. The van der Waals surface area contributed by atoms with Crippen LogP contribution in [0.2, 0.25) is 0 Å². The van der Waals surface area contributed by atoms with Crippen molar-refractivity contribution in [3.63, 3.8) is 0 Å². The van der Waals surface area contributed by atoms with Crippen molar-refractivity contribution in [2.45, 2.75) is 26.7 Å². The van der Waals surface area contributed by atoms with Gasteiger partial charge in [0.1, 0.15) is 11.5 Å². The molecule has 4 heteroatoms. The third-order valence-corrected chi connectivity index (χ3v) is 2.78. The molecule has 0 bridgehead atoms. The van der Waals surface area contributed by atoms with E-state index in [9.17, 15) is 0 Å². The maximum absolute atomic E-state index is 6.02. The third-order valence-electron chi connectivity index (χ3n) is 2.78. The van der Waals surface area contributed by atoms with Crippen LogP contribution in [0.15, 0.2) is 16.7 Å². The van der Waals surface area contributed by atoms with E-state index in [-0.39, 0.29) is 0 Å². The van der Waals surface area contributed by atoms with Gasteiger partial charge in [-0.3, -0.25) is 4.68 Å². The molecule has 0 unspecified atom stereocenters. The summed E-state index contributed by atoms with van der Waals surface area (Å²) in [6.07, 6.45) is 1.68. The number of nitrogens with two attached hydrogens (primary N) is 1. The molecule has 0 aliphatic rings. The molecule has 0 atom stereocenters. The predicted octanol–water partition coefficient (Wildman–Crippen LogP) is 2.69. The summed E-state index contributed by atoms with van der Waals surface area (Å²) >= 11 is 0. The molecule has 2 N–H and O–H groups in total. The number of furan rings is 1. The minimum atomic E-state index is 0.327. The lowest BCUT2D eigenvalue weighted by Crippen LogP contribution is -2.00. The summed E-state index contributed by atoms with van der Waals surface area (Å²) in [5.41, 5.74) is 9.02. The summed E-state index contributed by atoms with van der Waals surface area (Å²) in [5, 5.41) is 4.43. The number of nitrogen functional groups attached to an aromatic ring is 1. The molecule has 0 saturated heterocycles. The van der Waals surface area contributed by atoms with Crippen molar-refractivity contribution in [1.82, 2.24) is 9.78 Å². The number of aromatic nitrogens is 2. The Labute approximate surface area is 95.1 Å². The summed E-state index contributed by atoms with van der Waals surface area (Å²) in [4.78, 5) is 0. The van der Waals surface area contributed by atoms with Crippen LogP contribution in [0.1, 0.15) is 30.9 Å². The molecule has 0 aromatic carbocycles. The van der Waals surface area contributed by atoms with Crippen LogP contribution in [0.4, 0.5) is 5.82 Å². The zero-order valence-electron chi connectivity index (χ0n) is 10.1. The largest absolute Gasteiger partial charge is 0.462 e. The topological polar surface area (TPSA) is 57.0 Å². The molecule has 0 spiro atoms. The van der Waals surface area contributed by atoms with Crippen molar-refractivity contribution in [2.75, 3.05) is 5.73 Å². The Morgan fingerprint density at radius 1 is 1.44 bits per heavy atom. The second kappa shape index (κ2) is 3.70. The lowest BCUT2D eigenvalue weighted by atomic mass is 10.0. The standard InChI is InChI=1S/C12H17N3O/c1-7(2)9-10(14-15(4)12(9)13)11-8(3)5-6-16-11/h5-7H,13H2,1-4H3. The molecule has 2 aromatic rings. The molecule has 0 radical (unpaired) electrons. The first kappa shape index (κ1) is 10.8. The lowest BCUT2D eigenvalue weighted by molar-refractivity contribution is 0.575. The van der Waals surface area contributed by atoms with Crippen LogP contribution in [0, 0.1) is 6.92 Å². The zero-order chi connectivity index (χ0) is 11.9. The van der Waals surface area contributed by atoms with Crippen LogP contribution in [-0.4, -0.2) is 9.78 Å². The van der Waals surface area contributed by atoms with Crippen LogP contribution in [0.25, 0.3) is 11.5 Å². The fourth-order valence-corrected chi connectivity index (χ4v) is 1.91. The van der Waals surface area contributed by atoms with Gasteiger partial charge in [0.2, 0.25) is 0 Å². The molecule has 16 heavy (non-hydrogen) atoms.